The Morgan fingerprint density at radius 1 is 1.39 bits per heavy atom. The molecule has 0 amide bonds. The van der Waals surface area contributed by atoms with Crippen LogP contribution in [0.3, 0.4) is 0 Å². The van der Waals surface area contributed by atoms with Crippen molar-refractivity contribution < 1.29 is 13.5 Å². The zero-order chi connectivity index (χ0) is 13.5. The summed E-state index contributed by atoms with van der Waals surface area (Å²) in [6.45, 7) is 4.02. The van der Waals surface area contributed by atoms with Gasteiger partial charge < -0.3 is 10.1 Å². The molecular formula is C14H19F2NO. The van der Waals surface area contributed by atoms with E-state index in [1.165, 1.54) is 11.6 Å². The van der Waals surface area contributed by atoms with Crippen LogP contribution < -0.4 is 10.1 Å². The van der Waals surface area contributed by atoms with Crippen molar-refractivity contribution in [1.82, 2.24) is 5.32 Å². The number of ether oxygens (including phenoxy) is 1. The van der Waals surface area contributed by atoms with E-state index in [-0.39, 0.29) is 11.8 Å². The van der Waals surface area contributed by atoms with E-state index in [9.17, 15) is 8.78 Å². The maximum atomic E-state index is 12.2. The lowest BCUT2D eigenvalue weighted by Gasteiger charge is -2.16. The molecule has 1 aromatic carbocycles. The highest BCUT2D eigenvalue weighted by Crippen LogP contribution is 2.22. The summed E-state index contributed by atoms with van der Waals surface area (Å²) in [7, 11) is 0. The quantitative estimate of drug-likeness (QED) is 0.778. The van der Waals surface area contributed by atoms with Crippen LogP contribution in [0.1, 0.15) is 32.4 Å². The highest BCUT2D eigenvalue weighted by molar-refractivity contribution is 5.33. The molecule has 0 radical (unpaired) electrons. The maximum absolute atomic E-state index is 12.2. The fraction of sp³-hybridized carbons (Fsp3) is 0.429. The van der Waals surface area contributed by atoms with Gasteiger partial charge in [-0.2, -0.15) is 8.78 Å². The Hall–Kier alpha value is -1.42. The first-order valence-corrected chi connectivity index (χ1v) is 5.96. The van der Waals surface area contributed by atoms with Crippen LogP contribution in [0, 0.1) is 0 Å². The first kappa shape index (κ1) is 14.6. The van der Waals surface area contributed by atoms with Crippen molar-refractivity contribution in [2.75, 3.05) is 6.54 Å². The molecule has 0 heterocycles. The molecule has 1 rings (SSSR count). The number of hydrogen-bond donors (Lipinski definition) is 1. The zero-order valence-corrected chi connectivity index (χ0v) is 10.9. The SMILES string of the molecule is CCNC(C=C(C)C)c1cccc(OC(F)F)c1. The second-order valence-corrected chi connectivity index (χ2v) is 4.23. The summed E-state index contributed by atoms with van der Waals surface area (Å²) in [5.74, 6) is 0.188. The third-order valence-corrected chi connectivity index (χ3v) is 2.37. The van der Waals surface area contributed by atoms with Crippen molar-refractivity contribution in [3.8, 4) is 5.75 Å². The Kier molecular flexibility index (Phi) is 5.78. The molecule has 0 aliphatic carbocycles. The Balaban J connectivity index is 2.94. The van der Waals surface area contributed by atoms with Gasteiger partial charge in [-0.25, -0.2) is 0 Å². The number of benzene rings is 1. The number of halogens is 2. The first-order chi connectivity index (χ1) is 8.52. The largest absolute Gasteiger partial charge is 0.435 e. The van der Waals surface area contributed by atoms with Crippen LogP contribution in [-0.2, 0) is 0 Å². The van der Waals surface area contributed by atoms with Gasteiger partial charge in [-0.05, 0) is 38.1 Å². The van der Waals surface area contributed by atoms with Crippen LogP contribution >= 0.6 is 0 Å². The number of rotatable bonds is 6. The Labute approximate surface area is 107 Å². The molecule has 0 saturated heterocycles. The van der Waals surface area contributed by atoms with Gasteiger partial charge in [0, 0.05) is 0 Å². The molecule has 2 nitrogen and oxygen atoms in total. The average Bonchev–Trinajstić information content (AvgIpc) is 2.27. The van der Waals surface area contributed by atoms with E-state index in [1.807, 2.05) is 26.8 Å². The van der Waals surface area contributed by atoms with E-state index in [1.54, 1.807) is 12.1 Å². The molecule has 1 aromatic rings. The lowest BCUT2D eigenvalue weighted by Crippen LogP contribution is -2.19. The van der Waals surface area contributed by atoms with Crippen LogP contribution in [0.5, 0.6) is 5.75 Å². The van der Waals surface area contributed by atoms with Gasteiger partial charge in [-0.15, -0.1) is 0 Å². The summed E-state index contributed by atoms with van der Waals surface area (Å²) in [4.78, 5) is 0. The van der Waals surface area contributed by atoms with E-state index < -0.39 is 6.61 Å². The van der Waals surface area contributed by atoms with Gasteiger partial charge in [0.2, 0.25) is 0 Å². The monoisotopic (exact) mass is 255 g/mol. The fourth-order valence-corrected chi connectivity index (χ4v) is 1.71. The summed E-state index contributed by atoms with van der Waals surface area (Å²) in [6.07, 6.45) is 2.06. The molecule has 1 unspecified atom stereocenters. The topological polar surface area (TPSA) is 21.3 Å². The highest BCUT2D eigenvalue weighted by atomic mass is 19.3. The zero-order valence-electron chi connectivity index (χ0n) is 10.9. The molecule has 0 aromatic heterocycles. The van der Waals surface area contributed by atoms with E-state index in [0.29, 0.717) is 0 Å². The summed E-state index contributed by atoms with van der Waals surface area (Å²) in [5.41, 5.74) is 2.08. The number of hydrogen-bond acceptors (Lipinski definition) is 2. The average molecular weight is 255 g/mol. The molecule has 0 bridgehead atoms. The molecule has 0 saturated carbocycles. The second-order valence-electron chi connectivity index (χ2n) is 4.23. The molecule has 18 heavy (non-hydrogen) atoms. The van der Waals surface area contributed by atoms with Gasteiger partial charge in [-0.1, -0.05) is 30.7 Å². The Bertz CT molecular complexity index is 401. The van der Waals surface area contributed by atoms with E-state index in [2.05, 4.69) is 16.1 Å². The van der Waals surface area contributed by atoms with Crippen LogP contribution in [0.4, 0.5) is 8.78 Å². The molecule has 4 heteroatoms. The van der Waals surface area contributed by atoms with Crippen molar-refractivity contribution in [2.45, 2.75) is 33.4 Å². The second kappa shape index (κ2) is 7.11. The summed E-state index contributed by atoms with van der Waals surface area (Å²) in [6, 6.07) is 6.79. The molecule has 0 aliphatic rings. The van der Waals surface area contributed by atoms with Crippen molar-refractivity contribution in [1.29, 1.82) is 0 Å². The van der Waals surface area contributed by atoms with Gasteiger partial charge in [0.05, 0.1) is 6.04 Å². The lowest BCUT2D eigenvalue weighted by atomic mass is 10.0. The van der Waals surface area contributed by atoms with Crippen LogP contribution in [-0.4, -0.2) is 13.2 Å². The van der Waals surface area contributed by atoms with Crippen molar-refractivity contribution in [3.63, 3.8) is 0 Å². The van der Waals surface area contributed by atoms with E-state index in [0.717, 1.165) is 12.1 Å². The van der Waals surface area contributed by atoms with Crippen molar-refractivity contribution >= 4 is 0 Å². The molecule has 100 valence electrons. The fourth-order valence-electron chi connectivity index (χ4n) is 1.71. The van der Waals surface area contributed by atoms with Gasteiger partial charge >= 0.3 is 6.61 Å². The molecule has 1 N–H and O–H groups in total. The lowest BCUT2D eigenvalue weighted by molar-refractivity contribution is -0.0498. The Morgan fingerprint density at radius 3 is 2.67 bits per heavy atom. The third-order valence-electron chi connectivity index (χ3n) is 2.37. The van der Waals surface area contributed by atoms with Crippen LogP contribution in [0.2, 0.25) is 0 Å². The molecule has 1 atom stereocenters. The van der Waals surface area contributed by atoms with Crippen molar-refractivity contribution in [3.05, 3.63) is 41.5 Å². The van der Waals surface area contributed by atoms with Crippen LogP contribution in [0.15, 0.2) is 35.9 Å². The van der Waals surface area contributed by atoms with E-state index >= 15 is 0 Å². The molecular weight excluding hydrogens is 236 g/mol. The molecule has 0 fully saturated rings. The maximum Gasteiger partial charge on any atom is 0.387 e. The number of likely N-dealkylation sites (N-methyl/N-ethyl adjacent to an activating group) is 1. The molecule has 0 aliphatic heterocycles. The predicted octanol–water partition coefficient (Wildman–Crippen LogP) is 3.90. The Morgan fingerprint density at radius 2 is 2.11 bits per heavy atom. The van der Waals surface area contributed by atoms with Gasteiger partial charge in [0.25, 0.3) is 0 Å². The van der Waals surface area contributed by atoms with Gasteiger partial charge in [0.15, 0.2) is 0 Å². The van der Waals surface area contributed by atoms with Crippen LogP contribution in [0.25, 0.3) is 0 Å². The van der Waals surface area contributed by atoms with Gasteiger partial charge in [-0.3, -0.25) is 0 Å². The van der Waals surface area contributed by atoms with E-state index in [4.69, 9.17) is 0 Å². The predicted molar refractivity (Wildman–Crippen MR) is 68.9 cm³/mol. The van der Waals surface area contributed by atoms with Crippen molar-refractivity contribution in [2.24, 2.45) is 0 Å². The number of nitrogens with one attached hydrogen (secondary N) is 1. The smallest absolute Gasteiger partial charge is 0.387 e. The summed E-state index contributed by atoms with van der Waals surface area (Å²) < 4.78 is 28.7. The minimum absolute atomic E-state index is 0.0150. The summed E-state index contributed by atoms with van der Waals surface area (Å²) >= 11 is 0. The highest BCUT2D eigenvalue weighted by Gasteiger charge is 2.10. The standard InChI is InChI=1S/C14H19F2NO/c1-4-17-13(8-10(2)3)11-6-5-7-12(9-11)18-14(15)16/h5-9,13-14,17H,4H2,1-3H3. The summed E-state index contributed by atoms with van der Waals surface area (Å²) in [5, 5.41) is 3.29. The molecule has 0 spiro atoms. The normalized spacial score (nSPS) is 12.3. The first-order valence-electron chi connectivity index (χ1n) is 5.96. The minimum Gasteiger partial charge on any atom is -0.435 e. The van der Waals surface area contributed by atoms with Gasteiger partial charge in [0.1, 0.15) is 5.75 Å². The minimum atomic E-state index is -2.79. The number of allylic oxidation sites excluding steroid dienone is 1. The third kappa shape index (κ3) is 4.84. The number of alkyl halides is 2.